The lowest BCUT2D eigenvalue weighted by atomic mass is 10.0. The van der Waals surface area contributed by atoms with E-state index in [0.29, 0.717) is 24.8 Å². The Morgan fingerprint density at radius 3 is 2.37 bits per heavy atom. The lowest BCUT2D eigenvalue weighted by Gasteiger charge is -2.29. The third kappa shape index (κ3) is 4.84. The molecule has 0 aliphatic carbocycles. The average molecular weight is 431 g/mol. The molecule has 30 heavy (non-hydrogen) atoms. The fraction of sp³-hybridized carbons (Fsp3) is 0.435. The third-order valence-electron chi connectivity index (χ3n) is 5.72. The summed E-state index contributed by atoms with van der Waals surface area (Å²) in [4.78, 5) is 13.1. The standard InChI is InChI=1S/C23H30N2O4S/c1-16-5-7-19(8-6-16)18(3)24-23(26)21-15-20(9-10-22(21)29-4)30(27,28)25-13-11-17(2)12-14-25/h5-10,15,17-18H,11-14H2,1-4H3,(H,24,26)/t18-/m0/s1. The summed E-state index contributed by atoms with van der Waals surface area (Å²) in [5, 5.41) is 2.94. The van der Waals surface area contributed by atoms with Crippen LogP contribution in [0.2, 0.25) is 0 Å². The van der Waals surface area contributed by atoms with E-state index >= 15 is 0 Å². The first-order valence-electron chi connectivity index (χ1n) is 10.3. The highest BCUT2D eigenvalue weighted by atomic mass is 32.2. The molecule has 3 rings (SSSR count). The molecule has 1 N–H and O–H groups in total. The topological polar surface area (TPSA) is 75.7 Å². The number of rotatable bonds is 6. The maximum Gasteiger partial charge on any atom is 0.255 e. The van der Waals surface area contributed by atoms with Crippen molar-refractivity contribution >= 4 is 15.9 Å². The molecule has 7 heteroatoms. The van der Waals surface area contributed by atoms with Crippen molar-refractivity contribution in [3.63, 3.8) is 0 Å². The number of carbonyl (C=O) groups excluding carboxylic acids is 1. The van der Waals surface area contributed by atoms with Crippen molar-refractivity contribution in [3.05, 3.63) is 59.2 Å². The van der Waals surface area contributed by atoms with Crippen LogP contribution in [-0.2, 0) is 10.0 Å². The molecular weight excluding hydrogens is 400 g/mol. The first-order valence-corrected chi connectivity index (χ1v) is 11.7. The van der Waals surface area contributed by atoms with E-state index in [2.05, 4.69) is 12.2 Å². The van der Waals surface area contributed by atoms with Crippen molar-refractivity contribution in [2.45, 2.75) is 44.6 Å². The first kappa shape index (κ1) is 22.3. The number of methoxy groups -OCH3 is 1. The van der Waals surface area contributed by atoms with E-state index in [1.54, 1.807) is 6.07 Å². The highest BCUT2D eigenvalue weighted by molar-refractivity contribution is 7.89. The quantitative estimate of drug-likeness (QED) is 0.754. The van der Waals surface area contributed by atoms with Crippen molar-refractivity contribution in [1.82, 2.24) is 9.62 Å². The number of ether oxygens (including phenoxy) is 1. The molecule has 1 saturated heterocycles. The van der Waals surface area contributed by atoms with E-state index in [-0.39, 0.29) is 22.4 Å². The molecule has 0 bridgehead atoms. The molecule has 1 aliphatic rings. The van der Waals surface area contributed by atoms with Gasteiger partial charge >= 0.3 is 0 Å². The second-order valence-corrected chi connectivity index (χ2v) is 9.99. The summed E-state index contributed by atoms with van der Waals surface area (Å²) in [5.74, 6) is 0.496. The highest BCUT2D eigenvalue weighted by Gasteiger charge is 2.29. The van der Waals surface area contributed by atoms with Crippen LogP contribution in [0.3, 0.4) is 0 Å². The van der Waals surface area contributed by atoms with Crippen LogP contribution in [0.5, 0.6) is 5.75 Å². The summed E-state index contributed by atoms with van der Waals surface area (Å²) >= 11 is 0. The smallest absolute Gasteiger partial charge is 0.255 e. The molecule has 2 aromatic carbocycles. The van der Waals surface area contributed by atoms with Gasteiger partial charge in [0.15, 0.2) is 0 Å². The Kier molecular flexibility index (Phi) is 6.83. The number of aryl methyl sites for hydroxylation is 1. The second kappa shape index (κ2) is 9.18. The monoisotopic (exact) mass is 430 g/mol. The van der Waals surface area contributed by atoms with E-state index in [1.165, 1.54) is 23.5 Å². The molecule has 0 radical (unpaired) electrons. The van der Waals surface area contributed by atoms with Gasteiger partial charge in [0.25, 0.3) is 5.91 Å². The zero-order valence-corrected chi connectivity index (χ0v) is 18.8. The summed E-state index contributed by atoms with van der Waals surface area (Å²) in [7, 11) is -2.19. The molecule has 0 unspecified atom stereocenters. The number of sulfonamides is 1. The number of hydrogen-bond acceptors (Lipinski definition) is 4. The number of hydrogen-bond donors (Lipinski definition) is 1. The number of carbonyl (C=O) groups is 1. The largest absolute Gasteiger partial charge is 0.496 e. The average Bonchev–Trinajstić information content (AvgIpc) is 2.74. The Bertz CT molecular complexity index is 994. The van der Waals surface area contributed by atoms with Gasteiger partial charge in [-0.25, -0.2) is 8.42 Å². The Morgan fingerprint density at radius 1 is 1.13 bits per heavy atom. The summed E-state index contributed by atoms with van der Waals surface area (Å²) < 4.78 is 33.0. The molecule has 0 aromatic heterocycles. The highest BCUT2D eigenvalue weighted by Crippen LogP contribution is 2.28. The second-order valence-electron chi connectivity index (χ2n) is 8.05. The molecule has 0 saturated carbocycles. The van der Waals surface area contributed by atoms with E-state index in [9.17, 15) is 13.2 Å². The summed E-state index contributed by atoms with van der Waals surface area (Å²) in [6, 6.07) is 12.2. The number of piperidine rings is 1. The normalized spacial score (nSPS) is 16.8. The van der Waals surface area contributed by atoms with Gasteiger partial charge in [-0.05, 0) is 56.4 Å². The molecule has 1 fully saturated rings. The van der Waals surface area contributed by atoms with Gasteiger partial charge < -0.3 is 10.1 Å². The van der Waals surface area contributed by atoms with Gasteiger partial charge in [-0.2, -0.15) is 4.31 Å². The van der Waals surface area contributed by atoms with Crippen LogP contribution in [0, 0.1) is 12.8 Å². The van der Waals surface area contributed by atoms with Crippen LogP contribution in [-0.4, -0.2) is 38.8 Å². The number of nitrogens with zero attached hydrogens (tertiary/aromatic N) is 1. The Morgan fingerprint density at radius 2 is 1.77 bits per heavy atom. The van der Waals surface area contributed by atoms with Crippen LogP contribution in [0.4, 0.5) is 0 Å². The summed E-state index contributed by atoms with van der Waals surface area (Å²) in [6.45, 7) is 7.04. The van der Waals surface area contributed by atoms with Gasteiger partial charge in [0.1, 0.15) is 5.75 Å². The minimum Gasteiger partial charge on any atom is -0.496 e. The molecule has 1 aliphatic heterocycles. The van der Waals surface area contributed by atoms with Crippen molar-refractivity contribution in [2.24, 2.45) is 5.92 Å². The fourth-order valence-electron chi connectivity index (χ4n) is 3.61. The summed E-state index contributed by atoms with van der Waals surface area (Å²) in [6.07, 6.45) is 1.69. The van der Waals surface area contributed by atoms with Crippen LogP contribution >= 0.6 is 0 Å². The van der Waals surface area contributed by atoms with Crippen LogP contribution in [0.1, 0.15) is 54.2 Å². The predicted octanol–water partition coefficient (Wildman–Crippen LogP) is 3.92. The van der Waals surface area contributed by atoms with Crippen LogP contribution < -0.4 is 10.1 Å². The first-order chi connectivity index (χ1) is 14.2. The van der Waals surface area contributed by atoms with Gasteiger partial charge in [0.05, 0.1) is 23.6 Å². The zero-order chi connectivity index (χ0) is 21.9. The molecule has 1 heterocycles. The van der Waals surface area contributed by atoms with E-state index < -0.39 is 10.0 Å². The molecule has 0 spiro atoms. The molecular formula is C23H30N2O4S. The van der Waals surface area contributed by atoms with Gasteiger partial charge in [0.2, 0.25) is 10.0 Å². The van der Waals surface area contributed by atoms with Gasteiger partial charge in [-0.1, -0.05) is 36.8 Å². The summed E-state index contributed by atoms with van der Waals surface area (Å²) in [5.41, 5.74) is 2.33. The van der Waals surface area contributed by atoms with Gasteiger partial charge in [0, 0.05) is 13.1 Å². The lowest BCUT2D eigenvalue weighted by Crippen LogP contribution is -2.38. The third-order valence-corrected chi connectivity index (χ3v) is 7.62. The Balaban J connectivity index is 1.85. The zero-order valence-electron chi connectivity index (χ0n) is 18.0. The minimum atomic E-state index is -3.65. The van der Waals surface area contributed by atoms with E-state index in [1.807, 2.05) is 38.1 Å². The van der Waals surface area contributed by atoms with Gasteiger partial charge in [-0.15, -0.1) is 0 Å². The molecule has 6 nitrogen and oxygen atoms in total. The molecule has 162 valence electrons. The van der Waals surface area contributed by atoms with Crippen LogP contribution in [0.25, 0.3) is 0 Å². The number of benzene rings is 2. The Labute approximate surface area is 179 Å². The predicted molar refractivity (Wildman–Crippen MR) is 117 cm³/mol. The minimum absolute atomic E-state index is 0.117. The molecule has 1 atom stereocenters. The Hall–Kier alpha value is -2.38. The van der Waals surface area contributed by atoms with E-state index in [4.69, 9.17) is 4.74 Å². The van der Waals surface area contributed by atoms with Crippen molar-refractivity contribution < 1.29 is 17.9 Å². The number of amides is 1. The maximum atomic E-state index is 13.1. The van der Waals surface area contributed by atoms with Gasteiger partial charge in [-0.3, -0.25) is 4.79 Å². The molecule has 2 aromatic rings. The molecule has 1 amide bonds. The SMILES string of the molecule is COc1ccc(S(=O)(=O)N2CCC(C)CC2)cc1C(=O)N[C@@H](C)c1ccc(C)cc1. The fourth-order valence-corrected chi connectivity index (χ4v) is 5.11. The maximum absolute atomic E-state index is 13.1. The van der Waals surface area contributed by atoms with Crippen molar-refractivity contribution in [2.75, 3.05) is 20.2 Å². The van der Waals surface area contributed by atoms with Crippen molar-refractivity contribution in [3.8, 4) is 5.75 Å². The van der Waals surface area contributed by atoms with Crippen LogP contribution in [0.15, 0.2) is 47.4 Å². The lowest BCUT2D eigenvalue weighted by molar-refractivity contribution is 0.0936. The van der Waals surface area contributed by atoms with E-state index in [0.717, 1.165) is 24.0 Å². The van der Waals surface area contributed by atoms with Crippen molar-refractivity contribution in [1.29, 1.82) is 0 Å². The number of nitrogens with one attached hydrogen (secondary N) is 1.